The molecule has 8 heteroatoms. The van der Waals surface area contributed by atoms with Gasteiger partial charge in [0.1, 0.15) is 17.3 Å². The number of carbonyl (C=O) groups is 3. The van der Waals surface area contributed by atoms with Crippen LogP contribution in [-0.4, -0.2) is 79.6 Å². The summed E-state index contributed by atoms with van der Waals surface area (Å²) in [5.74, 6) is 3.79. The van der Waals surface area contributed by atoms with Gasteiger partial charge >= 0.3 is 0 Å². The van der Waals surface area contributed by atoms with E-state index >= 15 is 0 Å². The number of ether oxygens (including phenoxy) is 2. The molecule has 0 unspecified atom stereocenters. The van der Waals surface area contributed by atoms with E-state index in [1.54, 1.807) is 0 Å². The molecule has 0 bridgehead atoms. The summed E-state index contributed by atoms with van der Waals surface area (Å²) in [6, 6.07) is 0.141. The Morgan fingerprint density at radius 2 is 1.80 bits per heavy atom. The molecule has 4 aliphatic carbocycles. The summed E-state index contributed by atoms with van der Waals surface area (Å²) < 4.78 is 12.4. The van der Waals surface area contributed by atoms with Crippen molar-refractivity contribution in [2.75, 3.05) is 39.4 Å². The van der Waals surface area contributed by atoms with Crippen LogP contribution in [0, 0.1) is 52.3 Å². The first-order valence-corrected chi connectivity index (χ1v) is 19.1. The standard InChI is InChI=1S/C38H61N3O5/c1-24-10-13-38(39-23-24)25(2)35-32(46-38)21-31-29-9-8-26-19-27(11-12-36(26,3)30(29)22-33(43)37(31,35)4)40-34(44)20-28(42)7-5-6-14-41-15-17-45-18-16-41/h24-27,29-32,35,39H,5-23H2,1-4H3,(H,40,44)/t24-,25+,26+,27-,29-,30+,31+,32+,35+,36+,37-,38-/m1/s1. The molecular weight excluding hydrogens is 578 g/mol. The number of nitrogens with one attached hydrogen (secondary N) is 2. The van der Waals surface area contributed by atoms with Crippen molar-refractivity contribution < 1.29 is 23.9 Å². The Kier molecular flexibility index (Phi) is 9.25. The van der Waals surface area contributed by atoms with Crippen LogP contribution < -0.4 is 10.6 Å². The van der Waals surface area contributed by atoms with E-state index in [-0.39, 0.29) is 46.8 Å². The van der Waals surface area contributed by atoms with Gasteiger partial charge in [0.15, 0.2) is 0 Å². The van der Waals surface area contributed by atoms with Crippen molar-refractivity contribution in [3.8, 4) is 0 Å². The Bertz CT molecular complexity index is 1160. The molecule has 8 nitrogen and oxygen atoms in total. The number of carbonyl (C=O) groups excluding carboxylic acids is 3. The molecule has 2 N–H and O–H groups in total. The van der Waals surface area contributed by atoms with Crippen molar-refractivity contribution in [1.82, 2.24) is 15.5 Å². The number of Topliss-reactive ketones (excluding diaryl/α,β-unsaturated/α-hetero) is 2. The van der Waals surface area contributed by atoms with Gasteiger partial charge in [-0.15, -0.1) is 0 Å². The number of morpholine rings is 1. The quantitative estimate of drug-likeness (QED) is 0.281. The minimum atomic E-state index is -0.275. The maximum atomic E-state index is 14.4. The van der Waals surface area contributed by atoms with Gasteiger partial charge in [0.2, 0.25) is 5.91 Å². The third-order valence-electron chi connectivity index (χ3n) is 15.0. The van der Waals surface area contributed by atoms with Crippen molar-refractivity contribution in [2.45, 2.75) is 129 Å². The van der Waals surface area contributed by atoms with Crippen LogP contribution in [0.15, 0.2) is 0 Å². The normalized spacial score (nSPS) is 47.1. The third kappa shape index (κ3) is 5.73. The van der Waals surface area contributed by atoms with Crippen molar-refractivity contribution >= 4 is 17.5 Å². The lowest BCUT2D eigenvalue weighted by atomic mass is 9.44. The largest absolute Gasteiger partial charge is 0.379 e. The second-order valence-electron chi connectivity index (χ2n) is 17.4. The summed E-state index contributed by atoms with van der Waals surface area (Å²) in [5.41, 5.74) is -0.375. The molecule has 1 amide bonds. The van der Waals surface area contributed by atoms with Crippen LogP contribution in [0.3, 0.4) is 0 Å². The van der Waals surface area contributed by atoms with Crippen LogP contribution >= 0.6 is 0 Å². The predicted octanol–water partition coefficient (Wildman–Crippen LogP) is 5.13. The molecule has 0 aromatic heterocycles. The van der Waals surface area contributed by atoms with E-state index in [0.717, 1.165) is 90.8 Å². The average molecular weight is 640 g/mol. The highest BCUT2D eigenvalue weighted by molar-refractivity contribution is 5.98. The molecular formula is C38H61N3O5. The Labute approximate surface area is 277 Å². The number of piperidine rings is 1. The highest BCUT2D eigenvalue weighted by atomic mass is 16.5. The smallest absolute Gasteiger partial charge is 0.227 e. The molecule has 4 saturated carbocycles. The van der Waals surface area contributed by atoms with Gasteiger partial charge in [0.05, 0.1) is 25.7 Å². The highest BCUT2D eigenvalue weighted by Gasteiger charge is 2.71. The van der Waals surface area contributed by atoms with Gasteiger partial charge in [-0.3, -0.25) is 24.6 Å². The first-order chi connectivity index (χ1) is 22.0. The summed E-state index contributed by atoms with van der Waals surface area (Å²) in [7, 11) is 0. The van der Waals surface area contributed by atoms with Gasteiger partial charge in [-0.25, -0.2) is 0 Å². The van der Waals surface area contributed by atoms with Crippen LogP contribution in [0.1, 0.15) is 111 Å². The Morgan fingerprint density at radius 3 is 2.57 bits per heavy atom. The van der Waals surface area contributed by atoms with E-state index in [9.17, 15) is 14.4 Å². The number of hydrogen-bond donors (Lipinski definition) is 2. The summed E-state index contributed by atoms with van der Waals surface area (Å²) in [6.07, 6.45) is 11.9. The molecule has 3 heterocycles. The lowest BCUT2D eigenvalue weighted by Gasteiger charge is -2.60. The second kappa shape index (κ2) is 12.8. The van der Waals surface area contributed by atoms with Crippen LogP contribution in [-0.2, 0) is 23.9 Å². The molecule has 1 spiro atoms. The summed E-state index contributed by atoms with van der Waals surface area (Å²) >= 11 is 0. The van der Waals surface area contributed by atoms with Crippen LogP contribution in [0.4, 0.5) is 0 Å². The number of amides is 1. The van der Waals surface area contributed by atoms with Crippen molar-refractivity contribution in [3.05, 3.63) is 0 Å². The van der Waals surface area contributed by atoms with Crippen molar-refractivity contribution in [3.63, 3.8) is 0 Å². The minimum absolute atomic E-state index is 0.00805. The summed E-state index contributed by atoms with van der Waals surface area (Å²) in [5, 5.41) is 7.07. The zero-order valence-electron chi connectivity index (χ0n) is 29.1. The van der Waals surface area contributed by atoms with Gasteiger partial charge in [0, 0.05) is 55.8 Å². The van der Waals surface area contributed by atoms with E-state index in [1.807, 2.05) is 0 Å². The van der Waals surface area contributed by atoms with Crippen LogP contribution in [0.5, 0.6) is 0 Å². The lowest BCUT2D eigenvalue weighted by molar-refractivity contribution is -0.160. The molecule has 0 aromatic carbocycles. The fraction of sp³-hybridized carbons (Fsp3) is 0.921. The number of ketones is 2. The molecule has 258 valence electrons. The monoisotopic (exact) mass is 639 g/mol. The zero-order chi connectivity index (χ0) is 32.3. The topological polar surface area (TPSA) is 97.0 Å². The predicted molar refractivity (Wildman–Crippen MR) is 177 cm³/mol. The van der Waals surface area contributed by atoms with Crippen molar-refractivity contribution in [2.24, 2.45) is 52.3 Å². The summed E-state index contributed by atoms with van der Waals surface area (Å²) in [4.78, 5) is 42.3. The van der Waals surface area contributed by atoms with Gasteiger partial charge in [-0.2, -0.15) is 0 Å². The Hall–Kier alpha value is -1.35. The summed E-state index contributed by atoms with van der Waals surface area (Å²) in [6.45, 7) is 15.1. The van der Waals surface area contributed by atoms with Gasteiger partial charge in [-0.05, 0) is 106 Å². The maximum absolute atomic E-state index is 14.4. The number of hydrogen-bond acceptors (Lipinski definition) is 7. The molecule has 0 radical (unpaired) electrons. The van der Waals surface area contributed by atoms with E-state index < -0.39 is 0 Å². The minimum Gasteiger partial charge on any atom is -0.379 e. The molecule has 0 aromatic rings. The maximum Gasteiger partial charge on any atom is 0.227 e. The SMILES string of the molecule is C[C@@H]1CC[C@@]2(NC1)O[C@H]1C[C@H]3[C@@H]4CC[C@H]5C[C@H](NC(=O)CC(=O)CCCCN6CCOCC6)CC[C@]5(C)[C@H]4CC(=O)[C@]3(C)[C@H]1[C@@H]2C. The fourth-order valence-electron chi connectivity index (χ4n) is 12.3. The number of rotatable bonds is 8. The highest BCUT2D eigenvalue weighted by Crippen LogP contribution is 2.70. The van der Waals surface area contributed by atoms with Gasteiger partial charge in [0.25, 0.3) is 0 Å². The Morgan fingerprint density at radius 1 is 1.00 bits per heavy atom. The van der Waals surface area contributed by atoms with Gasteiger partial charge < -0.3 is 14.8 Å². The zero-order valence-corrected chi connectivity index (χ0v) is 29.1. The molecule has 7 rings (SSSR count). The molecule has 7 aliphatic rings. The third-order valence-corrected chi connectivity index (χ3v) is 15.0. The Balaban J connectivity index is 0.921. The van der Waals surface area contributed by atoms with Crippen LogP contribution in [0.2, 0.25) is 0 Å². The number of unbranched alkanes of at least 4 members (excludes halogenated alkanes) is 1. The van der Waals surface area contributed by atoms with E-state index in [1.165, 1.54) is 19.3 Å². The molecule has 46 heavy (non-hydrogen) atoms. The van der Waals surface area contributed by atoms with E-state index in [2.05, 4.69) is 43.2 Å². The first kappa shape index (κ1) is 33.2. The van der Waals surface area contributed by atoms with E-state index in [0.29, 0.717) is 53.6 Å². The lowest BCUT2D eigenvalue weighted by Crippen LogP contribution is -2.60. The number of nitrogens with zero attached hydrogens (tertiary/aromatic N) is 1. The second-order valence-corrected chi connectivity index (χ2v) is 17.4. The van der Waals surface area contributed by atoms with Crippen molar-refractivity contribution in [1.29, 1.82) is 0 Å². The fourth-order valence-corrected chi connectivity index (χ4v) is 12.3. The van der Waals surface area contributed by atoms with E-state index in [4.69, 9.17) is 9.47 Å². The molecule has 7 fully saturated rings. The average Bonchev–Trinajstić information content (AvgIpc) is 3.48. The van der Waals surface area contributed by atoms with Gasteiger partial charge in [-0.1, -0.05) is 27.7 Å². The first-order valence-electron chi connectivity index (χ1n) is 19.1. The van der Waals surface area contributed by atoms with Crippen LogP contribution in [0.25, 0.3) is 0 Å². The number of fused-ring (bicyclic) bond motifs is 7. The molecule has 3 saturated heterocycles. The molecule has 3 aliphatic heterocycles. The molecule has 12 atom stereocenters.